The van der Waals surface area contributed by atoms with E-state index in [9.17, 15) is 14.4 Å². The number of carbonyl (C=O) groups excluding carboxylic acids is 3. The van der Waals surface area contributed by atoms with Crippen LogP contribution in [0.4, 0.5) is 0 Å². The Morgan fingerprint density at radius 2 is 0.554 bits per heavy atom. The summed E-state index contributed by atoms with van der Waals surface area (Å²) in [7, 11) is 0. The molecule has 0 spiro atoms. The van der Waals surface area contributed by atoms with Gasteiger partial charge in [0.1, 0.15) is 13.2 Å². The van der Waals surface area contributed by atoms with Crippen molar-refractivity contribution in [2.45, 2.75) is 284 Å². The van der Waals surface area contributed by atoms with Gasteiger partial charge >= 0.3 is 17.9 Å². The molecule has 0 amide bonds. The Morgan fingerprint density at radius 1 is 0.308 bits per heavy atom. The number of ether oxygens (including phenoxy) is 3. The molecule has 0 heterocycles. The van der Waals surface area contributed by atoms with Gasteiger partial charge in [-0.05, 0) is 109 Å². The molecule has 0 saturated carbocycles. The minimum Gasteiger partial charge on any atom is -0.462 e. The predicted octanol–water partition coefficient (Wildman–Crippen LogP) is 18.4. The first-order chi connectivity index (χ1) is 32.0. The standard InChI is InChI=1S/C59H104O6/c1-4-7-10-13-16-19-22-25-28-29-32-34-37-40-43-46-49-52-58(61)64-55-56(65-59(62)53-50-47-44-41-38-35-31-27-24-21-18-15-12-9-6-3)54-63-57(60)51-48-45-42-39-36-33-30-26-23-20-17-14-11-8-5-2/h17,20,25-28,30-31,36,39,56H,4-16,18-19,21-24,29,32-35,37-38,40-55H2,1-3H3/b20-17-,28-25-,30-26-,31-27-,39-36-/t56-/m1/s1. The summed E-state index contributed by atoms with van der Waals surface area (Å²) < 4.78 is 16.8. The maximum absolute atomic E-state index is 12.8. The van der Waals surface area contributed by atoms with Crippen molar-refractivity contribution in [2.24, 2.45) is 0 Å². The quantitative estimate of drug-likeness (QED) is 0.0262. The van der Waals surface area contributed by atoms with Crippen molar-refractivity contribution in [3.8, 4) is 0 Å². The Kier molecular flexibility index (Phi) is 51.3. The highest BCUT2D eigenvalue weighted by Crippen LogP contribution is 2.14. The van der Waals surface area contributed by atoms with Crippen molar-refractivity contribution in [3.05, 3.63) is 60.8 Å². The van der Waals surface area contributed by atoms with Crippen molar-refractivity contribution in [1.82, 2.24) is 0 Å². The van der Waals surface area contributed by atoms with Crippen LogP contribution in [0.3, 0.4) is 0 Å². The van der Waals surface area contributed by atoms with Crippen LogP contribution in [-0.4, -0.2) is 37.2 Å². The fourth-order valence-electron chi connectivity index (χ4n) is 7.73. The van der Waals surface area contributed by atoms with Crippen LogP contribution in [0.1, 0.15) is 278 Å². The monoisotopic (exact) mass is 909 g/mol. The predicted molar refractivity (Wildman–Crippen MR) is 279 cm³/mol. The number of unbranched alkanes of at least 4 members (excludes halogenated alkanes) is 29. The zero-order valence-electron chi connectivity index (χ0n) is 43.0. The number of carbonyl (C=O) groups is 3. The molecule has 65 heavy (non-hydrogen) atoms. The number of allylic oxidation sites excluding steroid dienone is 10. The Balaban J connectivity index is 4.44. The molecule has 0 bridgehead atoms. The Morgan fingerprint density at radius 3 is 0.938 bits per heavy atom. The van der Waals surface area contributed by atoms with Gasteiger partial charge in [0.15, 0.2) is 6.10 Å². The molecule has 6 nitrogen and oxygen atoms in total. The van der Waals surface area contributed by atoms with E-state index in [0.29, 0.717) is 19.3 Å². The second kappa shape index (κ2) is 53.7. The van der Waals surface area contributed by atoms with Crippen molar-refractivity contribution >= 4 is 17.9 Å². The molecule has 0 radical (unpaired) electrons. The number of hydrogen-bond acceptors (Lipinski definition) is 6. The van der Waals surface area contributed by atoms with Crippen LogP contribution in [0.2, 0.25) is 0 Å². The van der Waals surface area contributed by atoms with Crippen LogP contribution >= 0.6 is 0 Å². The third-order valence-electron chi connectivity index (χ3n) is 12.0. The van der Waals surface area contributed by atoms with Gasteiger partial charge < -0.3 is 14.2 Å². The fourth-order valence-corrected chi connectivity index (χ4v) is 7.73. The van der Waals surface area contributed by atoms with E-state index in [4.69, 9.17) is 14.2 Å². The van der Waals surface area contributed by atoms with Gasteiger partial charge in [0.05, 0.1) is 0 Å². The molecule has 0 aromatic heterocycles. The van der Waals surface area contributed by atoms with Gasteiger partial charge in [-0.3, -0.25) is 14.4 Å². The first-order valence-electron chi connectivity index (χ1n) is 27.8. The Bertz CT molecular complexity index is 1180. The highest BCUT2D eigenvalue weighted by atomic mass is 16.6. The van der Waals surface area contributed by atoms with Crippen LogP contribution in [0.25, 0.3) is 0 Å². The zero-order chi connectivity index (χ0) is 47.2. The molecular formula is C59H104O6. The highest BCUT2D eigenvalue weighted by Gasteiger charge is 2.19. The summed E-state index contributed by atoms with van der Waals surface area (Å²) in [5.74, 6) is -0.936. The molecule has 0 aliphatic heterocycles. The molecule has 0 unspecified atom stereocenters. The fraction of sp³-hybridized carbons (Fsp3) is 0.780. The van der Waals surface area contributed by atoms with Crippen LogP contribution in [0, 0.1) is 0 Å². The van der Waals surface area contributed by atoms with E-state index in [1.54, 1.807) is 0 Å². The summed E-state index contributed by atoms with van der Waals surface area (Å²) in [5.41, 5.74) is 0. The average Bonchev–Trinajstić information content (AvgIpc) is 3.30. The topological polar surface area (TPSA) is 78.9 Å². The van der Waals surface area contributed by atoms with Crippen LogP contribution in [0.5, 0.6) is 0 Å². The lowest BCUT2D eigenvalue weighted by molar-refractivity contribution is -0.167. The van der Waals surface area contributed by atoms with E-state index in [0.717, 1.165) is 83.5 Å². The summed E-state index contributed by atoms with van der Waals surface area (Å²) in [6.45, 7) is 6.57. The van der Waals surface area contributed by atoms with E-state index in [1.165, 1.54) is 154 Å². The summed E-state index contributed by atoms with van der Waals surface area (Å²) in [5, 5.41) is 0. The molecule has 0 rings (SSSR count). The summed E-state index contributed by atoms with van der Waals surface area (Å²) in [4.78, 5) is 38.1. The van der Waals surface area contributed by atoms with E-state index in [1.807, 2.05) is 0 Å². The first kappa shape index (κ1) is 62.1. The summed E-state index contributed by atoms with van der Waals surface area (Å²) in [6, 6.07) is 0. The molecule has 0 aliphatic carbocycles. The SMILES string of the molecule is CCCCC/C=C\C/C=C\C/C=C\CCCCC(=O)OC[C@H](COC(=O)CCCCCCCCC/C=C\CCCCCCCC)OC(=O)CCCCCCC/C=C\CCCCCCCC. The Labute approximate surface area is 402 Å². The molecule has 0 saturated heterocycles. The van der Waals surface area contributed by atoms with E-state index < -0.39 is 6.10 Å². The smallest absolute Gasteiger partial charge is 0.306 e. The van der Waals surface area contributed by atoms with Gasteiger partial charge in [0.2, 0.25) is 0 Å². The molecule has 0 aliphatic rings. The number of hydrogen-bond donors (Lipinski definition) is 0. The molecule has 376 valence electrons. The maximum Gasteiger partial charge on any atom is 0.306 e. The second-order valence-electron chi connectivity index (χ2n) is 18.5. The second-order valence-corrected chi connectivity index (χ2v) is 18.5. The van der Waals surface area contributed by atoms with Crippen molar-refractivity contribution in [2.75, 3.05) is 13.2 Å². The molecule has 1 atom stereocenters. The molecular weight excluding hydrogens is 805 g/mol. The lowest BCUT2D eigenvalue weighted by Crippen LogP contribution is -2.30. The first-order valence-corrected chi connectivity index (χ1v) is 27.8. The van der Waals surface area contributed by atoms with Gasteiger partial charge in [-0.1, -0.05) is 210 Å². The van der Waals surface area contributed by atoms with Gasteiger partial charge in [-0.25, -0.2) is 0 Å². The molecule has 0 aromatic carbocycles. The lowest BCUT2D eigenvalue weighted by Gasteiger charge is -2.18. The van der Waals surface area contributed by atoms with Crippen LogP contribution in [-0.2, 0) is 28.6 Å². The largest absolute Gasteiger partial charge is 0.462 e. The van der Waals surface area contributed by atoms with E-state index in [-0.39, 0.29) is 31.1 Å². The van der Waals surface area contributed by atoms with Gasteiger partial charge in [0.25, 0.3) is 0 Å². The third-order valence-corrected chi connectivity index (χ3v) is 12.0. The number of esters is 3. The van der Waals surface area contributed by atoms with E-state index >= 15 is 0 Å². The van der Waals surface area contributed by atoms with Crippen molar-refractivity contribution in [3.63, 3.8) is 0 Å². The highest BCUT2D eigenvalue weighted by molar-refractivity contribution is 5.71. The minimum absolute atomic E-state index is 0.0912. The van der Waals surface area contributed by atoms with Crippen LogP contribution < -0.4 is 0 Å². The van der Waals surface area contributed by atoms with Crippen molar-refractivity contribution < 1.29 is 28.6 Å². The lowest BCUT2D eigenvalue weighted by atomic mass is 10.1. The van der Waals surface area contributed by atoms with Gasteiger partial charge in [-0.2, -0.15) is 0 Å². The third kappa shape index (κ3) is 51.9. The van der Waals surface area contributed by atoms with Crippen LogP contribution in [0.15, 0.2) is 60.8 Å². The Hall–Kier alpha value is -2.89. The van der Waals surface area contributed by atoms with Crippen molar-refractivity contribution in [1.29, 1.82) is 0 Å². The zero-order valence-corrected chi connectivity index (χ0v) is 43.0. The van der Waals surface area contributed by atoms with E-state index in [2.05, 4.69) is 81.5 Å². The average molecular weight is 909 g/mol. The maximum atomic E-state index is 12.8. The summed E-state index contributed by atoms with van der Waals surface area (Å²) in [6.07, 6.45) is 66.3. The minimum atomic E-state index is -0.795. The summed E-state index contributed by atoms with van der Waals surface area (Å²) >= 11 is 0. The normalized spacial score (nSPS) is 12.5. The molecule has 0 fully saturated rings. The molecule has 0 N–H and O–H groups in total. The van der Waals surface area contributed by atoms with Gasteiger partial charge in [-0.15, -0.1) is 0 Å². The number of rotatable bonds is 50. The van der Waals surface area contributed by atoms with Gasteiger partial charge in [0, 0.05) is 19.3 Å². The molecule has 0 aromatic rings. The molecule has 6 heteroatoms.